The standard InChI is InChI=1S/C19H34O3S/c1-14(2)13-22-19(21)16(4)18(17-10-6-5-7-11-17)23-12-8-9-15(3)20/h14-15,17-18,20H,4-13H2,1-3H3/t15-,18?/m0/s1. The summed E-state index contributed by atoms with van der Waals surface area (Å²) in [5, 5.41) is 9.56. The third-order valence-electron chi connectivity index (χ3n) is 4.30. The predicted molar refractivity (Wildman–Crippen MR) is 98.7 cm³/mol. The van der Waals surface area contributed by atoms with Crippen LogP contribution >= 0.6 is 11.8 Å². The van der Waals surface area contributed by atoms with Crippen molar-refractivity contribution < 1.29 is 14.6 Å². The van der Waals surface area contributed by atoms with Crippen molar-refractivity contribution in [2.75, 3.05) is 12.4 Å². The summed E-state index contributed by atoms with van der Waals surface area (Å²) in [5.41, 5.74) is 0.639. The van der Waals surface area contributed by atoms with Gasteiger partial charge in [0.1, 0.15) is 0 Å². The van der Waals surface area contributed by atoms with Crippen LogP contribution in [0.25, 0.3) is 0 Å². The van der Waals surface area contributed by atoms with Gasteiger partial charge in [0, 0.05) is 10.8 Å². The van der Waals surface area contributed by atoms with Gasteiger partial charge in [-0.15, -0.1) is 0 Å². The smallest absolute Gasteiger partial charge is 0.334 e. The van der Waals surface area contributed by atoms with E-state index in [2.05, 4.69) is 6.58 Å². The maximum Gasteiger partial charge on any atom is 0.334 e. The molecule has 23 heavy (non-hydrogen) atoms. The maximum atomic E-state index is 12.3. The fourth-order valence-corrected chi connectivity index (χ4v) is 4.43. The molecule has 0 aromatic heterocycles. The molecule has 0 aromatic carbocycles. The van der Waals surface area contributed by atoms with Gasteiger partial charge >= 0.3 is 5.97 Å². The van der Waals surface area contributed by atoms with E-state index in [1.54, 1.807) is 0 Å². The molecule has 4 heteroatoms. The van der Waals surface area contributed by atoms with Gasteiger partial charge in [-0.05, 0) is 50.2 Å². The number of aliphatic hydroxyl groups is 1. The Labute approximate surface area is 146 Å². The number of ether oxygens (including phenoxy) is 1. The lowest BCUT2D eigenvalue weighted by atomic mass is 9.84. The Morgan fingerprint density at radius 2 is 1.91 bits per heavy atom. The lowest BCUT2D eigenvalue weighted by Gasteiger charge is -2.30. The Balaban J connectivity index is 2.57. The van der Waals surface area contributed by atoms with Gasteiger partial charge in [-0.25, -0.2) is 4.79 Å². The van der Waals surface area contributed by atoms with Crippen molar-refractivity contribution in [3.05, 3.63) is 12.2 Å². The summed E-state index contributed by atoms with van der Waals surface area (Å²) >= 11 is 1.83. The second-order valence-corrected chi connectivity index (χ2v) is 8.45. The molecule has 1 saturated carbocycles. The molecule has 0 bridgehead atoms. The predicted octanol–water partition coefficient (Wildman–Crippen LogP) is 4.58. The van der Waals surface area contributed by atoms with Crippen molar-refractivity contribution in [3.8, 4) is 0 Å². The van der Waals surface area contributed by atoms with E-state index in [4.69, 9.17) is 4.74 Å². The average molecular weight is 343 g/mol. The van der Waals surface area contributed by atoms with Crippen molar-refractivity contribution >= 4 is 17.7 Å². The molecule has 1 unspecified atom stereocenters. The van der Waals surface area contributed by atoms with Crippen molar-refractivity contribution in [1.82, 2.24) is 0 Å². The van der Waals surface area contributed by atoms with Gasteiger partial charge < -0.3 is 9.84 Å². The number of hydrogen-bond donors (Lipinski definition) is 1. The highest BCUT2D eigenvalue weighted by Gasteiger charge is 2.30. The zero-order chi connectivity index (χ0) is 17.2. The van der Waals surface area contributed by atoms with Crippen LogP contribution in [-0.4, -0.2) is 34.8 Å². The number of rotatable bonds is 10. The van der Waals surface area contributed by atoms with Crippen LogP contribution in [0.3, 0.4) is 0 Å². The molecular formula is C19H34O3S. The zero-order valence-electron chi connectivity index (χ0n) is 15.1. The molecule has 0 aliphatic heterocycles. The van der Waals surface area contributed by atoms with Crippen molar-refractivity contribution in [2.45, 2.75) is 77.1 Å². The SMILES string of the molecule is C=C(C(=O)OCC(C)C)C(SCCC[C@H](C)O)C1CCCCC1. The summed E-state index contributed by atoms with van der Waals surface area (Å²) in [6.07, 6.45) is 7.72. The fourth-order valence-electron chi connectivity index (χ4n) is 3.00. The molecule has 2 atom stereocenters. The summed E-state index contributed by atoms with van der Waals surface area (Å²) in [7, 11) is 0. The fraction of sp³-hybridized carbons (Fsp3) is 0.842. The molecule has 0 aromatic rings. The first-order valence-corrected chi connectivity index (χ1v) is 10.1. The normalized spacial score (nSPS) is 18.7. The summed E-state index contributed by atoms with van der Waals surface area (Å²) in [6, 6.07) is 0. The largest absolute Gasteiger partial charge is 0.462 e. The first-order valence-electron chi connectivity index (χ1n) is 9.07. The zero-order valence-corrected chi connectivity index (χ0v) is 15.9. The van der Waals surface area contributed by atoms with E-state index in [9.17, 15) is 9.90 Å². The average Bonchev–Trinajstić information content (AvgIpc) is 2.52. The minimum absolute atomic E-state index is 0.170. The number of esters is 1. The monoisotopic (exact) mass is 342 g/mol. The van der Waals surface area contributed by atoms with Gasteiger partial charge in [-0.3, -0.25) is 0 Å². The van der Waals surface area contributed by atoms with Crippen LogP contribution in [-0.2, 0) is 9.53 Å². The van der Waals surface area contributed by atoms with Crippen LogP contribution < -0.4 is 0 Å². The lowest BCUT2D eigenvalue weighted by molar-refractivity contribution is -0.140. The first-order chi connectivity index (χ1) is 10.9. The summed E-state index contributed by atoms with van der Waals surface area (Å²) < 4.78 is 5.39. The molecule has 0 radical (unpaired) electrons. The van der Waals surface area contributed by atoms with Gasteiger partial charge in [0.2, 0.25) is 0 Å². The Bertz CT molecular complexity index is 360. The Morgan fingerprint density at radius 3 is 2.48 bits per heavy atom. The molecule has 0 spiro atoms. The number of hydrogen-bond acceptors (Lipinski definition) is 4. The maximum absolute atomic E-state index is 12.3. The molecule has 134 valence electrons. The number of carbonyl (C=O) groups excluding carboxylic acids is 1. The van der Waals surface area contributed by atoms with E-state index in [0.29, 0.717) is 24.0 Å². The third-order valence-corrected chi connectivity index (χ3v) is 5.85. The highest BCUT2D eigenvalue weighted by Crippen LogP contribution is 2.37. The van der Waals surface area contributed by atoms with Gasteiger partial charge in [0.15, 0.2) is 0 Å². The molecule has 1 aliphatic carbocycles. The van der Waals surface area contributed by atoms with E-state index in [-0.39, 0.29) is 17.3 Å². The molecule has 1 aliphatic rings. The van der Waals surface area contributed by atoms with Crippen molar-refractivity contribution in [2.24, 2.45) is 11.8 Å². The molecule has 1 fully saturated rings. The van der Waals surface area contributed by atoms with Gasteiger partial charge in [0.25, 0.3) is 0 Å². The second kappa shape index (κ2) is 11.1. The highest BCUT2D eigenvalue weighted by atomic mass is 32.2. The molecule has 0 amide bonds. The van der Waals surface area contributed by atoms with Crippen LogP contribution in [0.1, 0.15) is 65.7 Å². The Morgan fingerprint density at radius 1 is 1.26 bits per heavy atom. The number of thioether (sulfide) groups is 1. The van der Waals surface area contributed by atoms with E-state index in [1.807, 2.05) is 32.5 Å². The summed E-state index contributed by atoms with van der Waals surface area (Å²) in [5.74, 6) is 1.62. The second-order valence-electron chi connectivity index (χ2n) is 7.20. The molecular weight excluding hydrogens is 308 g/mol. The number of aliphatic hydroxyl groups excluding tert-OH is 1. The number of carbonyl (C=O) groups is 1. The summed E-state index contributed by atoms with van der Waals surface area (Å²) in [6.45, 7) is 10.4. The topological polar surface area (TPSA) is 46.5 Å². The quantitative estimate of drug-likeness (QED) is 0.358. The highest BCUT2D eigenvalue weighted by molar-refractivity contribution is 8.00. The van der Waals surface area contributed by atoms with Crippen LogP contribution in [0, 0.1) is 11.8 Å². The molecule has 0 heterocycles. The van der Waals surface area contributed by atoms with E-state index in [1.165, 1.54) is 32.1 Å². The van der Waals surface area contributed by atoms with E-state index in [0.717, 1.165) is 18.6 Å². The van der Waals surface area contributed by atoms with Crippen molar-refractivity contribution in [3.63, 3.8) is 0 Å². The van der Waals surface area contributed by atoms with E-state index >= 15 is 0 Å². The van der Waals surface area contributed by atoms with Crippen LogP contribution in [0.2, 0.25) is 0 Å². The Hall–Kier alpha value is -0.480. The van der Waals surface area contributed by atoms with Crippen LogP contribution in [0.4, 0.5) is 0 Å². The van der Waals surface area contributed by atoms with Crippen molar-refractivity contribution in [1.29, 1.82) is 0 Å². The first kappa shape index (κ1) is 20.6. The molecule has 1 N–H and O–H groups in total. The summed E-state index contributed by atoms with van der Waals surface area (Å²) in [4.78, 5) is 12.3. The van der Waals surface area contributed by atoms with Gasteiger partial charge in [-0.2, -0.15) is 11.8 Å². The lowest BCUT2D eigenvalue weighted by Crippen LogP contribution is -2.27. The molecule has 1 rings (SSSR count). The minimum Gasteiger partial charge on any atom is -0.462 e. The van der Waals surface area contributed by atoms with Crippen LogP contribution in [0.15, 0.2) is 12.2 Å². The molecule has 0 saturated heterocycles. The van der Waals surface area contributed by atoms with Gasteiger partial charge in [-0.1, -0.05) is 39.7 Å². The molecule has 3 nitrogen and oxygen atoms in total. The van der Waals surface area contributed by atoms with Crippen LogP contribution in [0.5, 0.6) is 0 Å². The van der Waals surface area contributed by atoms with Gasteiger partial charge in [0.05, 0.1) is 12.7 Å². The van der Waals surface area contributed by atoms with E-state index < -0.39 is 0 Å². The Kier molecular flexibility index (Phi) is 9.96. The third kappa shape index (κ3) is 8.25. The minimum atomic E-state index is -0.247.